The van der Waals surface area contributed by atoms with E-state index in [1.54, 1.807) is 24.3 Å². The number of nitrogens with one attached hydrogen (secondary N) is 2. The first-order valence-corrected chi connectivity index (χ1v) is 11.9. The lowest BCUT2D eigenvalue weighted by Crippen LogP contribution is -2.34. The van der Waals surface area contributed by atoms with E-state index in [2.05, 4.69) is 20.3 Å². The zero-order chi connectivity index (χ0) is 26.9. The maximum atomic E-state index is 12.6. The number of imidazole rings is 1. The Morgan fingerprint density at radius 2 is 2.11 bits per heavy atom. The Balaban J connectivity index is 1.47. The molecule has 1 aromatic carbocycles. The largest absolute Gasteiger partial charge is 0.484 e. The van der Waals surface area contributed by atoms with Crippen LogP contribution < -0.4 is 15.6 Å². The average molecular weight is 529 g/mol. The number of nitriles is 1. The van der Waals surface area contributed by atoms with Crippen molar-refractivity contribution in [2.24, 2.45) is 0 Å². The fourth-order valence-corrected chi connectivity index (χ4v) is 3.86. The lowest BCUT2D eigenvalue weighted by atomic mass is 10.1. The normalized spacial score (nSPS) is 20.9. The Bertz CT molecular complexity index is 1310. The van der Waals surface area contributed by atoms with Crippen molar-refractivity contribution >= 4 is 23.0 Å². The standard InChI is InChI=1S/C24H28N6O8/c1-2-16-19(32)20(37-14-35-13-34-10-6-9-25)23(38-16)30-12-26-18-21(30)28-24(29-22(18)33)27-17(31)11-36-15-7-4-3-5-8-15/h3-5,7-8,12,16,19-20,23,32H,2,6,10-11,13-14H2,1H3,(H2,27,28,29,31,33)/t16-,19+,20?,23-/m1/s1. The van der Waals surface area contributed by atoms with Gasteiger partial charge in [-0.2, -0.15) is 10.2 Å². The van der Waals surface area contributed by atoms with E-state index in [-0.39, 0.29) is 50.3 Å². The van der Waals surface area contributed by atoms with Crippen molar-refractivity contribution in [2.45, 2.75) is 44.3 Å². The Morgan fingerprint density at radius 1 is 1.29 bits per heavy atom. The summed E-state index contributed by atoms with van der Waals surface area (Å²) in [5, 5.41) is 21.8. The molecular formula is C24H28N6O8. The van der Waals surface area contributed by atoms with Crippen LogP contribution in [0.3, 0.4) is 0 Å². The number of carbonyl (C=O) groups excluding carboxylic acids is 1. The van der Waals surface area contributed by atoms with Crippen LogP contribution in [0, 0.1) is 11.3 Å². The van der Waals surface area contributed by atoms with E-state index in [0.29, 0.717) is 12.2 Å². The minimum absolute atomic E-state index is 0.0162. The maximum absolute atomic E-state index is 12.6. The molecule has 202 valence electrons. The number of rotatable bonds is 13. The van der Waals surface area contributed by atoms with Gasteiger partial charge in [-0.1, -0.05) is 25.1 Å². The summed E-state index contributed by atoms with van der Waals surface area (Å²) < 4.78 is 29.1. The molecule has 1 fully saturated rings. The lowest BCUT2D eigenvalue weighted by molar-refractivity contribution is -0.174. The minimum atomic E-state index is -0.998. The van der Waals surface area contributed by atoms with E-state index in [1.807, 2.05) is 19.1 Å². The van der Waals surface area contributed by atoms with Crippen LogP contribution >= 0.6 is 0 Å². The number of anilines is 1. The second kappa shape index (κ2) is 13.1. The quantitative estimate of drug-likeness (QED) is 0.213. The first-order valence-electron chi connectivity index (χ1n) is 11.9. The van der Waals surface area contributed by atoms with Crippen molar-refractivity contribution < 1.29 is 33.6 Å². The van der Waals surface area contributed by atoms with Crippen molar-refractivity contribution in [1.29, 1.82) is 5.26 Å². The van der Waals surface area contributed by atoms with Crippen LogP contribution in [0.5, 0.6) is 5.75 Å². The van der Waals surface area contributed by atoms with Gasteiger partial charge in [0.05, 0.1) is 31.5 Å². The van der Waals surface area contributed by atoms with Crippen LogP contribution in [0.4, 0.5) is 5.95 Å². The topological polar surface area (TPSA) is 183 Å². The number of hydrogen-bond acceptors (Lipinski definition) is 11. The monoisotopic (exact) mass is 528 g/mol. The number of carbonyl (C=O) groups is 1. The molecule has 2 aromatic heterocycles. The van der Waals surface area contributed by atoms with Gasteiger partial charge in [0, 0.05) is 0 Å². The molecule has 0 saturated carbocycles. The Hall–Kier alpha value is -3.87. The molecule has 3 aromatic rings. The van der Waals surface area contributed by atoms with Crippen LogP contribution in [-0.4, -0.2) is 75.6 Å². The van der Waals surface area contributed by atoms with Crippen molar-refractivity contribution in [3.05, 3.63) is 47.0 Å². The molecule has 0 bridgehead atoms. The highest BCUT2D eigenvalue weighted by atomic mass is 16.7. The third-order valence-corrected chi connectivity index (χ3v) is 5.66. The summed E-state index contributed by atoms with van der Waals surface area (Å²) in [6.45, 7) is 1.48. The van der Waals surface area contributed by atoms with E-state index in [4.69, 9.17) is 28.9 Å². The molecule has 4 atom stereocenters. The van der Waals surface area contributed by atoms with Gasteiger partial charge in [-0.05, 0) is 18.6 Å². The molecule has 14 nitrogen and oxygen atoms in total. The molecule has 4 rings (SSSR count). The number of fused-ring (bicyclic) bond motifs is 1. The third kappa shape index (κ3) is 6.52. The van der Waals surface area contributed by atoms with Crippen molar-refractivity contribution in [1.82, 2.24) is 19.5 Å². The molecule has 0 aliphatic carbocycles. The van der Waals surface area contributed by atoms with E-state index < -0.39 is 36.0 Å². The molecule has 1 aliphatic heterocycles. The first-order chi connectivity index (χ1) is 18.5. The van der Waals surface area contributed by atoms with E-state index in [0.717, 1.165) is 0 Å². The summed E-state index contributed by atoms with van der Waals surface area (Å²) in [4.78, 5) is 36.0. The molecule has 1 aliphatic rings. The summed E-state index contributed by atoms with van der Waals surface area (Å²) in [7, 11) is 0. The van der Waals surface area contributed by atoms with Gasteiger partial charge in [0.2, 0.25) is 5.95 Å². The summed E-state index contributed by atoms with van der Waals surface area (Å²) >= 11 is 0. The van der Waals surface area contributed by atoms with Crippen molar-refractivity contribution in [3.8, 4) is 11.8 Å². The van der Waals surface area contributed by atoms with Crippen LogP contribution in [0.15, 0.2) is 41.5 Å². The molecule has 38 heavy (non-hydrogen) atoms. The Kier molecular flexibility index (Phi) is 9.35. The predicted octanol–water partition coefficient (Wildman–Crippen LogP) is 1.05. The van der Waals surface area contributed by atoms with Crippen LogP contribution in [0.25, 0.3) is 11.2 Å². The van der Waals surface area contributed by atoms with Crippen LogP contribution in [0.2, 0.25) is 0 Å². The summed E-state index contributed by atoms with van der Waals surface area (Å²) in [5.41, 5.74) is -0.437. The number of nitrogens with zero attached hydrogens (tertiary/aromatic N) is 4. The highest BCUT2D eigenvalue weighted by Gasteiger charge is 2.45. The van der Waals surface area contributed by atoms with Crippen LogP contribution in [0.1, 0.15) is 26.0 Å². The summed E-state index contributed by atoms with van der Waals surface area (Å²) in [5.74, 6) is -0.119. The second-order valence-corrected chi connectivity index (χ2v) is 8.24. The number of aliphatic hydroxyl groups is 1. The van der Waals surface area contributed by atoms with Gasteiger partial charge in [0.15, 0.2) is 24.0 Å². The van der Waals surface area contributed by atoms with E-state index >= 15 is 0 Å². The zero-order valence-electron chi connectivity index (χ0n) is 20.6. The number of para-hydroxylation sites is 1. The highest BCUT2D eigenvalue weighted by molar-refractivity contribution is 5.90. The van der Waals surface area contributed by atoms with E-state index in [1.165, 1.54) is 10.9 Å². The van der Waals surface area contributed by atoms with Gasteiger partial charge in [-0.25, -0.2) is 4.98 Å². The molecule has 3 N–H and O–H groups in total. The van der Waals surface area contributed by atoms with Gasteiger partial charge in [-0.15, -0.1) is 0 Å². The number of aromatic amines is 1. The number of hydrogen-bond donors (Lipinski definition) is 3. The molecule has 1 saturated heterocycles. The molecule has 1 unspecified atom stereocenters. The number of aromatic nitrogens is 4. The Morgan fingerprint density at radius 3 is 2.87 bits per heavy atom. The average Bonchev–Trinajstić information content (AvgIpc) is 3.48. The molecule has 0 radical (unpaired) electrons. The molecule has 0 spiro atoms. The second-order valence-electron chi connectivity index (χ2n) is 8.24. The van der Waals surface area contributed by atoms with Gasteiger partial charge in [-0.3, -0.25) is 24.5 Å². The minimum Gasteiger partial charge on any atom is -0.484 e. The molecule has 14 heteroatoms. The molecular weight excluding hydrogens is 500 g/mol. The fraction of sp³-hybridized carbons (Fsp3) is 0.458. The smallest absolute Gasteiger partial charge is 0.280 e. The van der Waals surface area contributed by atoms with Gasteiger partial charge in [0.1, 0.15) is 31.5 Å². The first kappa shape index (κ1) is 27.2. The van der Waals surface area contributed by atoms with Crippen molar-refractivity contribution in [3.63, 3.8) is 0 Å². The van der Waals surface area contributed by atoms with Gasteiger partial charge in [0.25, 0.3) is 11.5 Å². The number of H-pyrrole nitrogens is 1. The fourth-order valence-electron chi connectivity index (χ4n) is 3.86. The molecule has 1 amide bonds. The maximum Gasteiger partial charge on any atom is 0.280 e. The summed E-state index contributed by atoms with van der Waals surface area (Å²) in [6.07, 6.45) is -1.22. The predicted molar refractivity (Wildman–Crippen MR) is 131 cm³/mol. The number of aliphatic hydroxyl groups excluding tert-OH is 1. The Labute approximate surface area is 217 Å². The number of benzene rings is 1. The number of ether oxygens (including phenoxy) is 5. The van der Waals surface area contributed by atoms with Crippen molar-refractivity contribution in [2.75, 3.05) is 32.1 Å². The molecule has 3 heterocycles. The lowest BCUT2D eigenvalue weighted by Gasteiger charge is -2.22. The third-order valence-electron chi connectivity index (χ3n) is 5.66. The number of amides is 1. The highest BCUT2D eigenvalue weighted by Crippen LogP contribution is 2.34. The van der Waals surface area contributed by atoms with Crippen LogP contribution in [-0.2, 0) is 23.7 Å². The van der Waals surface area contributed by atoms with Gasteiger partial charge >= 0.3 is 0 Å². The van der Waals surface area contributed by atoms with Gasteiger partial charge < -0.3 is 28.8 Å². The SMILES string of the molecule is CC[C@H]1O[C@@H](n2cnc3c(=O)[nH]c(NC(=O)COc4ccccc4)nc32)C(OCOCOCCC#N)[C@H]1O. The zero-order valence-corrected chi connectivity index (χ0v) is 20.6. The summed E-state index contributed by atoms with van der Waals surface area (Å²) in [6, 6.07) is 10.8. The van der Waals surface area contributed by atoms with E-state index in [9.17, 15) is 14.7 Å².